The van der Waals surface area contributed by atoms with Gasteiger partial charge in [-0.1, -0.05) is 0 Å². The molecule has 0 bridgehead atoms. The molecule has 0 unspecified atom stereocenters. The van der Waals surface area contributed by atoms with E-state index in [1.54, 1.807) is 11.8 Å². The maximum Gasteiger partial charge on any atom is 0.255 e. The van der Waals surface area contributed by atoms with Gasteiger partial charge in [0, 0.05) is 23.7 Å². The third-order valence-corrected chi connectivity index (χ3v) is 3.05. The first kappa shape index (κ1) is 9.73. The number of fused-ring (bicyclic) bond motifs is 1. The highest BCUT2D eigenvalue weighted by atomic mass is 32.2. The molecule has 1 aromatic heterocycles. The lowest BCUT2D eigenvalue weighted by molar-refractivity contribution is 0.128. The SMILES string of the molecule is CCOCc1nc2c(c(=O)[nH]1)CSC2. The molecule has 1 aromatic rings. The van der Waals surface area contributed by atoms with Gasteiger partial charge in [-0.3, -0.25) is 4.79 Å². The van der Waals surface area contributed by atoms with Crippen LogP contribution in [0.5, 0.6) is 0 Å². The van der Waals surface area contributed by atoms with Crippen molar-refractivity contribution < 1.29 is 4.74 Å². The first-order valence-corrected chi connectivity index (χ1v) is 5.73. The van der Waals surface area contributed by atoms with Crippen LogP contribution in [0.3, 0.4) is 0 Å². The van der Waals surface area contributed by atoms with E-state index in [0.717, 1.165) is 22.8 Å². The van der Waals surface area contributed by atoms with Crippen molar-refractivity contribution in [3.8, 4) is 0 Å². The van der Waals surface area contributed by atoms with Gasteiger partial charge in [0.1, 0.15) is 12.4 Å². The van der Waals surface area contributed by atoms with E-state index in [4.69, 9.17) is 4.74 Å². The third kappa shape index (κ3) is 1.83. The molecule has 4 nitrogen and oxygen atoms in total. The average molecular weight is 212 g/mol. The summed E-state index contributed by atoms with van der Waals surface area (Å²) in [5.41, 5.74) is 1.75. The minimum Gasteiger partial charge on any atom is -0.374 e. The molecule has 0 amide bonds. The van der Waals surface area contributed by atoms with Crippen molar-refractivity contribution in [3.63, 3.8) is 0 Å². The molecule has 0 saturated heterocycles. The van der Waals surface area contributed by atoms with Gasteiger partial charge in [0.25, 0.3) is 5.56 Å². The molecule has 1 aliphatic rings. The number of aromatic nitrogens is 2. The summed E-state index contributed by atoms with van der Waals surface area (Å²) in [7, 11) is 0. The van der Waals surface area contributed by atoms with Crippen LogP contribution in [0.25, 0.3) is 0 Å². The molecule has 76 valence electrons. The zero-order valence-electron chi connectivity index (χ0n) is 8.00. The summed E-state index contributed by atoms with van der Waals surface area (Å²) in [5, 5.41) is 0. The Morgan fingerprint density at radius 1 is 1.57 bits per heavy atom. The second-order valence-corrected chi connectivity index (χ2v) is 4.05. The van der Waals surface area contributed by atoms with E-state index in [1.165, 1.54) is 0 Å². The fourth-order valence-electron chi connectivity index (χ4n) is 1.38. The molecule has 0 fully saturated rings. The van der Waals surface area contributed by atoms with Gasteiger partial charge >= 0.3 is 0 Å². The van der Waals surface area contributed by atoms with Crippen molar-refractivity contribution in [2.75, 3.05) is 6.61 Å². The van der Waals surface area contributed by atoms with E-state index in [-0.39, 0.29) is 5.56 Å². The number of hydrogen-bond donors (Lipinski definition) is 1. The summed E-state index contributed by atoms with van der Waals surface area (Å²) in [5.74, 6) is 2.27. The molecule has 0 atom stereocenters. The minimum absolute atomic E-state index is 0.00490. The zero-order chi connectivity index (χ0) is 9.97. The molecule has 0 aromatic carbocycles. The average Bonchev–Trinajstić information content (AvgIpc) is 2.63. The lowest BCUT2D eigenvalue weighted by Gasteiger charge is -2.02. The number of hydrogen-bond acceptors (Lipinski definition) is 4. The molecule has 1 N–H and O–H groups in total. The molecule has 0 spiro atoms. The lowest BCUT2D eigenvalue weighted by atomic mass is 10.3. The number of rotatable bonds is 3. The second-order valence-electron chi connectivity index (χ2n) is 3.07. The quantitative estimate of drug-likeness (QED) is 0.813. The molecular weight excluding hydrogens is 200 g/mol. The van der Waals surface area contributed by atoms with Crippen molar-refractivity contribution in [1.82, 2.24) is 9.97 Å². The van der Waals surface area contributed by atoms with Gasteiger partial charge < -0.3 is 9.72 Å². The van der Waals surface area contributed by atoms with Crippen LogP contribution in [0, 0.1) is 0 Å². The maximum absolute atomic E-state index is 11.5. The smallest absolute Gasteiger partial charge is 0.255 e. The van der Waals surface area contributed by atoms with E-state index < -0.39 is 0 Å². The minimum atomic E-state index is -0.00490. The molecule has 2 heterocycles. The van der Waals surface area contributed by atoms with Gasteiger partial charge in [0.05, 0.1) is 5.69 Å². The van der Waals surface area contributed by atoms with Crippen LogP contribution in [0.2, 0.25) is 0 Å². The van der Waals surface area contributed by atoms with Crippen LogP contribution in [0.4, 0.5) is 0 Å². The van der Waals surface area contributed by atoms with Gasteiger partial charge in [-0.15, -0.1) is 0 Å². The molecule has 2 rings (SSSR count). The predicted octanol–water partition coefficient (Wildman–Crippen LogP) is 1.05. The Kier molecular flexibility index (Phi) is 2.88. The fraction of sp³-hybridized carbons (Fsp3) is 0.556. The predicted molar refractivity (Wildman–Crippen MR) is 55.2 cm³/mol. The summed E-state index contributed by atoms with van der Waals surface area (Å²) in [6, 6.07) is 0. The van der Waals surface area contributed by atoms with Crippen LogP contribution in [0.15, 0.2) is 4.79 Å². The van der Waals surface area contributed by atoms with E-state index in [0.29, 0.717) is 19.0 Å². The van der Waals surface area contributed by atoms with Gasteiger partial charge in [-0.05, 0) is 6.92 Å². The number of thioether (sulfide) groups is 1. The van der Waals surface area contributed by atoms with Crippen molar-refractivity contribution in [1.29, 1.82) is 0 Å². The van der Waals surface area contributed by atoms with Crippen molar-refractivity contribution >= 4 is 11.8 Å². The number of H-pyrrole nitrogens is 1. The Bertz CT molecular complexity index is 389. The molecule has 0 saturated carbocycles. The monoisotopic (exact) mass is 212 g/mol. The van der Waals surface area contributed by atoms with Crippen molar-refractivity contribution in [2.45, 2.75) is 25.0 Å². The van der Waals surface area contributed by atoms with Crippen molar-refractivity contribution in [2.24, 2.45) is 0 Å². The number of aromatic amines is 1. The van der Waals surface area contributed by atoms with Crippen molar-refractivity contribution in [3.05, 3.63) is 27.4 Å². The second kappa shape index (κ2) is 4.14. The Balaban J connectivity index is 2.28. The molecule has 0 aliphatic carbocycles. The van der Waals surface area contributed by atoms with Crippen LogP contribution in [0.1, 0.15) is 24.0 Å². The molecule has 5 heteroatoms. The van der Waals surface area contributed by atoms with Crippen LogP contribution in [-0.2, 0) is 22.8 Å². The summed E-state index contributed by atoms with van der Waals surface area (Å²) < 4.78 is 5.19. The van der Waals surface area contributed by atoms with E-state index in [9.17, 15) is 4.79 Å². The van der Waals surface area contributed by atoms with E-state index >= 15 is 0 Å². The van der Waals surface area contributed by atoms with Gasteiger partial charge in [0.2, 0.25) is 0 Å². The Labute approximate surface area is 86.1 Å². The molecule has 1 aliphatic heterocycles. The highest BCUT2D eigenvalue weighted by Crippen LogP contribution is 2.25. The largest absolute Gasteiger partial charge is 0.374 e. The van der Waals surface area contributed by atoms with Gasteiger partial charge in [0.15, 0.2) is 0 Å². The fourth-order valence-corrected chi connectivity index (χ4v) is 2.42. The zero-order valence-corrected chi connectivity index (χ0v) is 8.82. The first-order chi connectivity index (χ1) is 6.81. The molecular formula is C9H12N2O2S. The molecule has 14 heavy (non-hydrogen) atoms. The lowest BCUT2D eigenvalue weighted by Crippen LogP contribution is -2.17. The number of nitrogens with zero attached hydrogens (tertiary/aromatic N) is 1. The highest BCUT2D eigenvalue weighted by Gasteiger charge is 2.17. The van der Waals surface area contributed by atoms with Crippen LogP contribution in [-0.4, -0.2) is 16.6 Å². The Morgan fingerprint density at radius 2 is 2.43 bits per heavy atom. The van der Waals surface area contributed by atoms with Crippen LogP contribution < -0.4 is 5.56 Å². The van der Waals surface area contributed by atoms with Gasteiger partial charge in [-0.25, -0.2) is 4.98 Å². The normalized spacial score (nSPS) is 14.4. The maximum atomic E-state index is 11.5. The number of nitrogens with one attached hydrogen (secondary N) is 1. The third-order valence-electron chi connectivity index (χ3n) is 2.08. The first-order valence-electron chi connectivity index (χ1n) is 4.57. The summed E-state index contributed by atoms with van der Waals surface area (Å²) in [6.07, 6.45) is 0. The van der Waals surface area contributed by atoms with E-state index in [2.05, 4.69) is 9.97 Å². The summed E-state index contributed by atoms with van der Waals surface area (Å²) >= 11 is 1.73. The van der Waals surface area contributed by atoms with Gasteiger partial charge in [-0.2, -0.15) is 11.8 Å². The number of ether oxygens (including phenoxy) is 1. The Morgan fingerprint density at radius 3 is 3.21 bits per heavy atom. The summed E-state index contributed by atoms with van der Waals surface area (Å²) in [4.78, 5) is 18.6. The standard InChI is InChI=1S/C9H12N2O2S/c1-2-13-3-8-10-7-5-14-4-6(7)9(12)11-8/h2-5H2,1H3,(H,10,11,12). The van der Waals surface area contributed by atoms with Crippen LogP contribution >= 0.6 is 11.8 Å². The topological polar surface area (TPSA) is 55.0 Å². The Hall–Kier alpha value is -0.810. The van der Waals surface area contributed by atoms with E-state index in [1.807, 2.05) is 6.92 Å². The highest BCUT2D eigenvalue weighted by molar-refractivity contribution is 7.98. The summed E-state index contributed by atoms with van der Waals surface area (Å²) in [6.45, 7) is 2.94. The molecule has 0 radical (unpaired) electrons.